The van der Waals surface area contributed by atoms with E-state index in [1.54, 1.807) is 0 Å². The maximum Gasteiger partial charge on any atom is 0.308 e. The maximum atomic E-state index is 12.0. The minimum atomic E-state index is -0.121. The first-order valence-electron chi connectivity index (χ1n) is 18.5. The van der Waals surface area contributed by atoms with Crippen LogP contribution in [0.4, 0.5) is 0 Å². The number of likely N-dealkylation sites (N-methyl/N-ethyl adjacent to an activating group) is 1. The Labute approximate surface area is 301 Å². The summed E-state index contributed by atoms with van der Waals surface area (Å²) in [5.41, 5.74) is 0. The van der Waals surface area contributed by atoms with Crippen LogP contribution in [0.5, 0.6) is 0 Å². The van der Waals surface area contributed by atoms with Gasteiger partial charge in [0.15, 0.2) is 0 Å². The van der Waals surface area contributed by atoms with E-state index in [1.165, 1.54) is 0 Å². The highest BCUT2D eigenvalue weighted by molar-refractivity contribution is 5.72. The van der Waals surface area contributed by atoms with Crippen molar-refractivity contribution in [2.45, 2.75) is 39.5 Å². The molecule has 0 spiro atoms. The smallest absolute Gasteiger partial charge is 0.308 e. The van der Waals surface area contributed by atoms with Crippen LogP contribution >= 0.6 is 0 Å². The highest BCUT2D eigenvalue weighted by atomic mass is 16.6. The van der Waals surface area contributed by atoms with Crippen LogP contribution in [0.1, 0.15) is 39.5 Å². The number of ether oxygens (including phenoxy) is 13. The van der Waals surface area contributed by atoms with Crippen LogP contribution in [-0.2, 0) is 66.4 Å². The predicted octanol–water partition coefficient (Wildman–Crippen LogP) is 2.16. The van der Waals surface area contributed by atoms with Gasteiger partial charge >= 0.3 is 5.97 Å². The molecule has 1 atom stereocenters. The van der Waals surface area contributed by atoms with Crippen molar-refractivity contribution in [3.05, 3.63) is 0 Å². The summed E-state index contributed by atoms with van der Waals surface area (Å²) in [7, 11) is 1.89. The number of hydrogen-bond acceptors (Lipinski definition) is 15. The van der Waals surface area contributed by atoms with Gasteiger partial charge in [-0.1, -0.05) is 26.7 Å². The first-order valence-corrected chi connectivity index (χ1v) is 18.5. The third-order valence-electron chi connectivity index (χ3n) is 6.79. The summed E-state index contributed by atoms with van der Waals surface area (Å²) >= 11 is 0. The molecule has 300 valence electrons. The van der Waals surface area contributed by atoms with Gasteiger partial charge in [-0.3, -0.25) is 4.79 Å². The molecular weight excluding hydrogens is 658 g/mol. The number of hydrogen-bond donors (Lipinski definition) is 1. The Morgan fingerprint density at radius 3 is 0.920 bits per heavy atom. The second-order valence-corrected chi connectivity index (χ2v) is 10.9. The Morgan fingerprint density at radius 2 is 0.680 bits per heavy atom. The van der Waals surface area contributed by atoms with Gasteiger partial charge in [0.25, 0.3) is 0 Å². The van der Waals surface area contributed by atoms with Gasteiger partial charge in [-0.15, -0.1) is 0 Å². The van der Waals surface area contributed by atoms with E-state index in [4.69, 9.17) is 61.6 Å². The first-order chi connectivity index (χ1) is 24.8. The van der Waals surface area contributed by atoms with Crippen molar-refractivity contribution in [1.29, 1.82) is 0 Å². The standard InChI is InChI=1S/C35H71NO14/c1-4-6-7-34(5-2)35(37)50-33-32-49-31-30-48-29-28-47-27-26-46-25-24-45-23-22-44-21-20-43-19-18-42-17-16-41-15-14-40-13-12-39-11-10-38-9-8-36-3/h34,36H,4-33H2,1-3H3. The lowest BCUT2D eigenvalue weighted by atomic mass is 10.00. The quantitative estimate of drug-likeness (QED) is 0.0721. The van der Waals surface area contributed by atoms with Crippen molar-refractivity contribution in [3.8, 4) is 0 Å². The minimum absolute atomic E-state index is 0.00455. The minimum Gasteiger partial charge on any atom is -0.463 e. The lowest BCUT2D eigenvalue weighted by Crippen LogP contribution is -2.20. The van der Waals surface area contributed by atoms with Gasteiger partial charge < -0.3 is 66.9 Å². The van der Waals surface area contributed by atoms with Crippen molar-refractivity contribution >= 4 is 5.97 Å². The molecule has 0 aliphatic carbocycles. The zero-order valence-corrected chi connectivity index (χ0v) is 31.5. The molecule has 1 N–H and O–H groups in total. The van der Waals surface area contributed by atoms with Crippen LogP contribution in [0.3, 0.4) is 0 Å². The molecule has 15 heteroatoms. The molecule has 0 aromatic rings. The van der Waals surface area contributed by atoms with E-state index < -0.39 is 0 Å². The molecule has 0 rings (SSSR count). The highest BCUT2D eigenvalue weighted by Crippen LogP contribution is 2.14. The largest absolute Gasteiger partial charge is 0.463 e. The molecule has 0 aliphatic rings. The average Bonchev–Trinajstić information content (AvgIpc) is 3.13. The molecule has 0 heterocycles. The molecule has 0 aromatic heterocycles. The van der Waals surface area contributed by atoms with E-state index in [9.17, 15) is 4.79 Å². The van der Waals surface area contributed by atoms with Crippen molar-refractivity contribution in [3.63, 3.8) is 0 Å². The highest BCUT2D eigenvalue weighted by Gasteiger charge is 2.16. The van der Waals surface area contributed by atoms with Gasteiger partial charge in [-0.25, -0.2) is 0 Å². The molecule has 0 amide bonds. The molecule has 0 bridgehead atoms. The Bertz CT molecular complexity index is 653. The van der Waals surface area contributed by atoms with Crippen LogP contribution in [0.25, 0.3) is 0 Å². The second-order valence-electron chi connectivity index (χ2n) is 10.9. The monoisotopic (exact) mass is 729 g/mol. The van der Waals surface area contributed by atoms with E-state index in [-0.39, 0.29) is 18.5 Å². The Hall–Kier alpha value is -1.05. The van der Waals surface area contributed by atoms with Crippen molar-refractivity contribution in [2.24, 2.45) is 5.92 Å². The molecule has 0 aliphatic heterocycles. The number of carbonyl (C=O) groups is 1. The first kappa shape index (κ1) is 49.0. The lowest BCUT2D eigenvalue weighted by molar-refractivity contribution is -0.150. The molecule has 50 heavy (non-hydrogen) atoms. The van der Waals surface area contributed by atoms with Crippen molar-refractivity contribution in [2.75, 3.05) is 179 Å². The fourth-order valence-electron chi connectivity index (χ4n) is 3.95. The fraction of sp³-hybridized carbons (Fsp3) is 0.971. The lowest BCUT2D eigenvalue weighted by Gasteiger charge is -2.13. The normalized spacial score (nSPS) is 12.1. The fourth-order valence-corrected chi connectivity index (χ4v) is 3.95. The SMILES string of the molecule is CCCCC(CC)C(=O)OCCOCCOCCOCCOCCOCCOCCOCCOCCOCCOCCOCCOCCNC. The Kier molecular flexibility index (Phi) is 43.2. The molecule has 1 unspecified atom stereocenters. The average molecular weight is 730 g/mol. The number of carbonyl (C=O) groups excluding carboxylic acids is 1. The molecule has 0 radical (unpaired) electrons. The number of nitrogens with one attached hydrogen (secondary N) is 1. The molecule has 0 aromatic carbocycles. The van der Waals surface area contributed by atoms with Gasteiger partial charge in [0, 0.05) is 6.54 Å². The molecule has 0 saturated carbocycles. The Balaban J connectivity index is 3.13. The van der Waals surface area contributed by atoms with Crippen molar-refractivity contribution in [1.82, 2.24) is 5.32 Å². The molecular formula is C35H71NO14. The summed E-state index contributed by atoms with van der Waals surface area (Å²) in [6.45, 7) is 17.5. The summed E-state index contributed by atoms with van der Waals surface area (Å²) in [6, 6.07) is 0. The van der Waals surface area contributed by atoms with Crippen molar-refractivity contribution < 1.29 is 66.4 Å². The van der Waals surface area contributed by atoms with Gasteiger partial charge in [-0.2, -0.15) is 0 Å². The van der Waals surface area contributed by atoms with Crippen LogP contribution in [0.15, 0.2) is 0 Å². The predicted molar refractivity (Wildman–Crippen MR) is 188 cm³/mol. The summed E-state index contributed by atoms with van der Waals surface area (Å²) in [5.74, 6) is -0.125. The summed E-state index contributed by atoms with van der Waals surface area (Å²) in [5, 5.41) is 3.02. The summed E-state index contributed by atoms with van der Waals surface area (Å²) in [6.07, 6.45) is 3.83. The number of esters is 1. The Morgan fingerprint density at radius 1 is 0.420 bits per heavy atom. The van der Waals surface area contributed by atoms with E-state index >= 15 is 0 Å². The summed E-state index contributed by atoms with van der Waals surface area (Å²) < 4.78 is 70.8. The second kappa shape index (κ2) is 44.1. The van der Waals surface area contributed by atoms with Crippen LogP contribution in [0, 0.1) is 5.92 Å². The van der Waals surface area contributed by atoms with Gasteiger partial charge in [0.05, 0.1) is 164 Å². The van der Waals surface area contributed by atoms with Gasteiger partial charge in [-0.05, 0) is 19.9 Å². The zero-order valence-electron chi connectivity index (χ0n) is 31.5. The van der Waals surface area contributed by atoms with E-state index in [0.717, 1.165) is 32.2 Å². The third kappa shape index (κ3) is 39.7. The zero-order chi connectivity index (χ0) is 36.3. The van der Waals surface area contributed by atoms with E-state index in [1.807, 2.05) is 14.0 Å². The third-order valence-corrected chi connectivity index (χ3v) is 6.79. The van der Waals surface area contributed by atoms with E-state index in [0.29, 0.717) is 159 Å². The van der Waals surface area contributed by atoms with E-state index in [2.05, 4.69) is 12.2 Å². The molecule has 15 nitrogen and oxygen atoms in total. The van der Waals surface area contributed by atoms with Crippen LogP contribution in [-0.4, -0.2) is 185 Å². The van der Waals surface area contributed by atoms with Crippen LogP contribution in [0.2, 0.25) is 0 Å². The maximum absolute atomic E-state index is 12.0. The number of unbranched alkanes of at least 4 members (excludes halogenated alkanes) is 1. The summed E-state index contributed by atoms with van der Waals surface area (Å²) in [4.78, 5) is 12.0. The van der Waals surface area contributed by atoms with Gasteiger partial charge in [0.1, 0.15) is 6.61 Å². The number of rotatable bonds is 44. The van der Waals surface area contributed by atoms with Crippen LogP contribution < -0.4 is 5.32 Å². The molecule has 0 saturated heterocycles. The van der Waals surface area contributed by atoms with Gasteiger partial charge in [0.2, 0.25) is 0 Å². The molecule has 0 fully saturated rings. The topological polar surface area (TPSA) is 149 Å².